The summed E-state index contributed by atoms with van der Waals surface area (Å²) in [6.45, 7) is 0.577. The average Bonchev–Trinajstić information content (AvgIpc) is 2.90. The molecule has 8 nitrogen and oxygen atoms in total. The number of carboxylic acids is 1. The summed E-state index contributed by atoms with van der Waals surface area (Å²) in [5.74, 6) is -0.929. The topological polar surface area (TPSA) is 132 Å². The Morgan fingerprint density at radius 1 is 0.771 bits per heavy atom. The van der Waals surface area contributed by atoms with E-state index in [0.717, 1.165) is 11.1 Å². The minimum absolute atomic E-state index is 0.0676. The monoisotopic (exact) mass is 511 g/mol. The molecule has 0 aliphatic heterocycles. The largest absolute Gasteiger partial charge is 0.478 e. The molecule has 0 spiro atoms. The second-order valence-electron chi connectivity index (χ2n) is 6.89. The van der Waals surface area contributed by atoms with Gasteiger partial charge in [0.2, 0.25) is 0 Å². The van der Waals surface area contributed by atoms with Crippen LogP contribution in [0, 0.1) is 0 Å². The van der Waals surface area contributed by atoms with Gasteiger partial charge >= 0.3 is 5.97 Å². The van der Waals surface area contributed by atoms with Gasteiger partial charge in [0.05, 0.1) is 5.56 Å². The maximum absolute atomic E-state index is 11.8. The van der Waals surface area contributed by atoms with Gasteiger partial charge in [0.25, 0.3) is 0 Å². The lowest BCUT2D eigenvalue weighted by Gasteiger charge is -2.01. The highest BCUT2D eigenvalue weighted by Crippen LogP contribution is 2.10. The Labute approximate surface area is 212 Å². The zero-order chi connectivity index (χ0) is 25.5. The number of nitrogens with two attached hydrogens (primary N) is 1. The van der Waals surface area contributed by atoms with Crippen molar-refractivity contribution in [1.82, 2.24) is 19.9 Å². The number of carboxylic acid groups (broad SMARTS) is 1. The summed E-state index contributed by atoms with van der Waals surface area (Å²) >= 11 is 11.1. The third kappa shape index (κ3) is 10.8. The van der Waals surface area contributed by atoms with Crippen molar-refractivity contribution in [3.05, 3.63) is 118 Å². The van der Waals surface area contributed by atoms with Crippen LogP contribution in [0.1, 0.15) is 38.3 Å². The van der Waals surface area contributed by atoms with Crippen molar-refractivity contribution in [2.75, 3.05) is 0 Å². The van der Waals surface area contributed by atoms with Crippen LogP contribution in [0.5, 0.6) is 0 Å². The summed E-state index contributed by atoms with van der Waals surface area (Å²) in [7, 11) is 0. The van der Waals surface area contributed by atoms with E-state index >= 15 is 0 Å². The van der Waals surface area contributed by atoms with E-state index < -0.39 is 5.97 Å². The highest BCUT2D eigenvalue weighted by atomic mass is 35.5. The third-order valence-corrected chi connectivity index (χ3v) is 4.79. The lowest BCUT2D eigenvalue weighted by atomic mass is 10.1. The summed E-state index contributed by atoms with van der Waals surface area (Å²) in [5, 5.41) is 9.09. The summed E-state index contributed by atoms with van der Waals surface area (Å²) in [4.78, 5) is 37.4. The first-order valence-electron chi connectivity index (χ1n) is 10.4. The molecule has 0 saturated carbocycles. The highest BCUT2D eigenvalue weighted by molar-refractivity contribution is 6.29. The van der Waals surface area contributed by atoms with Crippen LogP contribution in [0.3, 0.4) is 0 Å². The molecule has 4 aromatic heterocycles. The number of pyridine rings is 4. The fraction of sp³-hybridized carbons (Fsp3) is 0.120. The van der Waals surface area contributed by atoms with Crippen molar-refractivity contribution in [2.45, 2.75) is 19.4 Å². The second-order valence-corrected chi connectivity index (χ2v) is 7.67. The van der Waals surface area contributed by atoms with Gasteiger partial charge in [-0.25, -0.2) is 14.8 Å². The molecule has 4 aromatic rings. The van der Waals surface area contributed by atoms with Crippen molar-refractivity contribution in [1.29, 1.82) is 0 Å². The van der Waals surface area contributed by atoms with Gasteiger partial charge in [-0.15, -0.1) is 0 Å². The number of aromatic nitrogens is 4. The van der Waals surface area contributed by atoms with Crippen LogP contribution in [0.2, 0.25) is 10.3 Å². The van der Waals surface area contributed by atoms with E-state index in [9.17, 15) is 9.59 Å². The van der Waals surface area contributed by atoms with E-state index in [-0.39, 0.29) is 11.3 Å². The normalized spacial score (nSPS) is 9.69. The lowest BCUT2D eigenvalue weighted by Crippen LogP contribution is -2.01. The number of hydrogen-bond acceptors (Lipinski definition) is 7. The fourth-order valence-electron chi connectivity index (χ4n) is 2.51. The Morgan fingerprint density at radius 2 is 1.31 bits per heavy atom. The Morgan fingerprint density at radius 3 is 1.71 bits per heavy atom. The molecule has 0 radical (unpaired) electrons. The lowest BCUT2D eigenvalue weighted by molar-refractivity contribution is 0.0696. The first kappa shape index (κ1) is 27.5. The predicted octanol–water partition coefficient (Wildman–Crippen LogP) is 4.92. The molecule has 0 bridgehead atoms. The quantitative estimate of drug-likeness (QED) is 0.275. The van der Waals surface area contributed by atoms with E-state index in [4.69, 9.17) is 34.0 Å². The molecule has 35 heavy (non-hydrogen) atoms. The maximum atomic E-state index is 11.8. The van der Waals surface area contributed by atoms with Gasteiger partial charge in [-0.3, -0.25) is 14.8 Å². The number of halogens is 2. The van der Waals surface area contributed by atoms with Gasteiger partial charge in [-0.05, 0) is 53.9 Å². The predicted molar refractivity (Wildman–Crippen MR) is 134 cm³/mol. The fourth-order valence-corrected chi connectivity index (χ4v) is 2.73. The van der Waals surface area contributed by atoms with E-state index in [1.54, 1.807) is 36.9 Å². The molecule has 0 amide bonds. The van der Waals surface area contributed by atoms with Gasteiger partial charge < -0.3 is 10.8 Å². The SMILES string of the molecule is NCc1cccnc1.O=C(CCc1cccnc1)c1ccc(Cl)nc1.O=C(O)c1ccc(Cl)nc1. The summed E-state index contributed by atoms with van der Waals surface area (Å²) < 4.78 is 0. The Kier molecular flexibility index (Phi) is 12.0. The first-order chi connectivity index (χ1) is 16.9. The van der Waals surface area contributed by atoms with Crippen molar-refractivity contribution >= 4 is 35.0 Å². The summed E-state index contributed by atoms with van der Waals surface area (Å²) in [6.07, 6.45) is 10.9. The number of hydrogen-bond donors (Lipinski definition) is 2. The van der Waals surface area contributed by atoms with E-state index in [0.29, 0.717) is 35.3 Å². The molecule has 10 heteroatoms. The first-order valence-corrected chi connectivity index (χ1v) is 11.1. The molecule has 0 unspecified atom stereocenters. The van der Waals surface area contributed by atoms with Gasteiger partial charge in [-0.1, -0.05) is 35.3 Å². The Hall–Kier alpha value is -3.72. The van der Waals surface area contributed by atoms with Crippen LogP contribution in [-0.4, -0.2) is 36.8 Å². The number of nitrogens with zero attached hydrogens (tertiary/aromatic N) is 4. The molecule has 4 heterocycles. The van der Waals surface area contributed by atoms with Crippen LogP contribution >= 0.6 is 23.2 Å². The average molecular weight is 512 g/mol. The number of Topliss-reactive ketones (excluding diaryl/α,β-unsaturated/α-hetero) is 1. The van der Waals surface area contributed by atoms with Gasteiger partial charge in [0, 0.05) is 55.7 Å². The molecular formula is C25H23Cl2N5O3. The molecule has 0 aliphatic rings. The van der Waals surface area contributed by atoms with Crippen molar-refractivity contribution in [3.8, 4) is 0 Å². The molecule has 180 valence electrons. The molecule has 4 rings (SSSR count). The van der Waals surface area contributed by atoms with Gasteiger partial charge in [0.15, 0.2) is 5.78 Å². The van der Waals surface area contributed by atoms with Crippen molar-refractivity contribution < 1.29 is 14.7 Å². The Bertz CT molecular complexity index is 1180. The van der Waals surface area contributed by atoms with Gasteiger partial charge in [-0.2, -0.15) is 0 Å². The third-order valence-electron chi connectivity index (χ3n) is 4.35. The minimum Gasteiger partial charge on any atom is -0.478 e. The van der Waals surface area contributed by atoms with E-state index in [1.807, 2.05) is 24.3 Å². The minimum atomic E-state index is -0.996. The van der Waals surface area contributed by atoms with Crippen molar-refractivity contribution in [3.63, 3.8) is 0 Å². The second kappa shape index (κ2) is 15.2. The molecule has 0 aromatic carbocycles. The number of carbonyl (C=O) groups is 2. The maximum Gasteiger partial charge on any atom is 0.337 e. The summed E-state index contributed by atoms with van der Waals surface area (Å²) in [5.41, 5.74) is 8.18. The molecule has 3 N–H and O–H groups in total. The molecule has 0 aliphatic carbocycles. The number of ketones is 1. The van der Waals surface area contributed by atoms with Crippen LogP contribution in [-0.2, 0) is 13.0 Å². The van der Waals surface area contributed by atoms with Crippen LogP contribution in [0.25, 0.3) is 0 Å². The van der Waals surface area contributed by atoms with Crippen LogP contribution in [0.15, 0.2) is 85.7 Å². The molecular weight excluding hydrogens is 489 g/mol. The molecule has 0 fully saturated rings. The van der Waals surface area contributed by atoms with E-state index in [1.165, 1.54) is 24.5 Å². The number of rotatable bonds is 6. The zero-order valence-corrected chi connectivity index (χ0v) is 20.1. The van der Waals surface area contributed by atoms with Crippen molar-refractivity contribution in [2.24, 2.45) is 5.73 Å². The number of carbonyl (C=O) groups excluding carboxylic acids is 1. The highest BCUT2D eigenvalue weighted by Gasteiger charge is 2.06. The molecule has 0 atom stereocenters. The number of aromatic carboxylic acids is 1. The smallest absolute Gasteiger partial charge is 0.337 e. The van der Waals surface area contributed by atoms with Crippen LogP contribution in [0.4, 0.5) is 0 Å². The number of aryl methyl sites for hydroxylation is 1. The van der Waals surface area contributed by atoms with E-state index in [2.05, 4.69) is 19.9 Å². The summed E-state index contributed by atoms with van der Waals surface area (Å²) in [6, 6.07) is 13.8. The standard InChI is InChI=1S/C13H11ClN2O.C6H4ClNO2.C6H8N2/c14-13-6-4-11(9-16-13)12(17)5-3-10-2-1-7-15-8-10;7-5-2-1-4(3-8-5)6(9)10;7-4-6-2-1-3-8-5-6/h1-2,4,6-9H,3,5H2;1-3H,(H,9,10);1-3,5H,4,7H2. The Balaban J connectivity index is 0.000000204. The van der Waals surface area contributed by atoms with Gasteiger partial charge in [0.1, 0.15) is 10.3 Å². The zero-order valence-electron chi connectivity index (χ0n) is 18.6. The molecule has 0 saturated heterocycles. The van der Waals surface area contributed by atoms with Crippen LogP contribution < -0.4 is 5.73 Å².